The maximum Gasteiger partial charge on any atom is 0 e. The maximum absolute atomic E-state index is 7.13. The van der Waals surface area contributed by atoms with E-state index in [9.17, 15) is 0 Å². The smallest absolute Gasteiger partial charge is 0 e. The van der Waals surface area contributed by atoms with Gasteiger partial charge >= 0.3 is 0 Å². The number of nitrogens with zero attached hydrogens (tertiary/aromatic N) is 2. The SMILES string of the molecule is CCCN.N#C[S-].N#C[S-].[NH2-].[Pd]. The Hall–Kier alpha value is 0.00234. The van der Waals surface area contributed by atoms with E-state index in [1.165, 1.54) is 10.8 Å². The molecule has 0 unspecified atom stereocenters. The Bertz CT molecular complexity index is 95.0. The summed E-state index contributed by atoms with van der Waals surface area (Å²) in [5.41, 5.74) is 5.03. The minimum Gasteiger partial charge on any atom is -0.696 e. The predicted molar refractivity (Wildman–Crippen MR) is 50.6 cm³/mol. The molecule has 0 spiro atoms. The Labute approximate surface area is 98.6 Å². The zero-order valence-electron chi connectivity index (χ0n) is 6.60. The topological polar surface area (TPSA) is 107 Å². The summed E-state index contributed by atoms with van der Waals surface area (Å²) in [6.07, 6.45) is 1.10. The van der Waals surface area contributed by atoms with E-state index in [1.54, 1.807) is 0 Å². The molecule has 0 aromatic rings. The van der Waals surface area contributed by atoms with Gasteiger partial charge in [-0.05, 0) is 13.0 Å². The van der Waals surface area contributed by atoms with Crippen LogP contribution in [-0.2, 0) is 45.7 Å². The van der Waals surface area contributed by atoms with E-state index in [-0.39, 0.29) is 26.6 Å². The fourth-order valence-electron chi connectivity index (χ4n) is 0. The van der Waals surface area contributed by atoms with Gasteiger partial charge in [0.1, 0.15) is 0 Å². The summed E-state index contributed by atoms with van der Waals surface area (Å²) in [6.45, 7) is 2.88. The first-order valence-electron chi connectivity index (χ1n) is 2.47. The van der Waals surface area contributed by atoms with E-state index in [0.29, 0.717) is 0 Å². The molecule has 0 aliphatic rings. The van der Waals surface area contributed by atoms with Gasteiger partial charge in [0.15, 0.2) is 0 Å². The number of hydrogen-bond donors (Lipinski definition) is 1. The molecular weight excluding hydrogens is 287 g/mol. The Balaban J connectivity index is -0.0000000191. The zero-order chi connectivity index (χ0) is 8.83. The third-order valence-electron chi connectivity index (χ3n) is 0.289. The number of hydrogen-bond acceptors (Lipinski definition) is 5. The van der Waals surface area contributed by atoms with Crippen molar-refractivity contribution in [2.24, 2.45) is 5.73 Å². The van der Waals surface area contributed by atoms with Crippen LogP contribution in [-0.4, -0.2) is 6.54 Å². The van der Waals surface area contributed by atoms with Crippen molar-refractivity contribution < 1.29 is 20.4 Å². The van der Waals surface area contributed by atoms with Crippen LogP contribution in [0.4, 0.5) is 0 Å². The number of nitrogens with two attached hydrogens (primary N) is 2. The minimum atomic E-state index is 0. The molecule has 7 heteroatoms. The summed E-state index contributed by atoms with van der Waals surface area (Å²) in [6, 6.07) is 0. The molecule has 0 aliphatic carbocycles. The van der Waals surface area contributed by atoms with Gasteiger partial charge in [-0.3, -0.25) is 0 Å². The van der Waals surface area contributed by atoms with E-state index >= 15 is 0 Å². The number of nitriles is 2. The van der Waals surface area contributed by atoms with Gasteiger partial charge in [0.25, 0.3) is 0 Å². The maximum atomic E-state index is 7.13. The molecule has 0 saturated heterocycles. The van der Waals surface area contributed by atoms with Gasteiger partial charge in [-0.25, -0.2) is 10.5 Å². The van der Waals surface area contributed by atoms with Crippen LogP contribution in [0.15, 0.2) is 0 Å². The summed E-state index contributed by atoms with van der Waals surface area (Å²) in [7, 11) is 0. The van der Waals surface area contributed by atoms with Crippen LogP contribution in [0, 0.1) is 21.3 Å². The molecule has 0 fully saturated rings. The third-order valence-corrected chi connectivity index (χ3v) is 0.289. The number of thiocyanates is 2. The van der Waals surface area contributed by atoms with Crippen LogP contribution in [0.3, 0.4) is 0 Å². The van der Waals surface area contributed by atoms with Crippen molar-refractivity contribution >= 4 is 25.3 Å². The first-order chi connectivity index (χ1) is 4.74. The van der Waals surface area contributed by atoms with E-state index in [4.69, 9.17) is 16.3 Å². The molecule has 0 radical (unpaired) electrons. The molecule has 0 aromatic carbocycles. The molecule has 4 nitrogen and oxygen atoms in total. The van der Waals surface area contributed by atoms with Gasteiger partial charge in [-0.15, -0.1) is 0 Å². The second-order valence-electron chi connectivity index (χ2n) is 0.971. The van der Waals surface area contributed by atoms with Crippen molar-refractivity contribution in [3.8, 4) is 10.8 Å². The van der Waals surface area contributed by atoms with Crippen LogP contribution < -0.4 is 5.73 Å². The van der Waals surface area contributed by atoms with Crippen LogP contribution in [0.5, 0.6) is 0 Å². The van der Waals surface area contributed by atoms with Gasteiger partial charge in [0.2, 0.25) is 0 Å². The van der Waals surface area contributed by atoms with Gasteiger partial charge in [-0.2, -0.15) is 0 Å². The van der Waals surface area contributed by atoms with Crippen molar-refractivity contribution in [1.29, 1.82) is 10.5 Å². The fraction of sp³-hybridized carbons (Fsp3) is 0.600. The van der Waals surface area contributed by atoms with Gasteiger partial charge < -0.3 is 37.1 Å². The monoisotopic (exact) mass is 297 g/mol. The molecule has 0 heterocycles. The van der Waals surface area contributed by atoms with Crippen LogP contribution >= 0.6 is 0 Å². The van der Waals surface area contributed by atoms with Crippen molar-refractivity contribution in [3.05, 3.63) is 6.15 Å². The molecular formula is C5H11N4PdS2-3. The Morgan fingerprint density at radius 2 is 1.33 bits per heavy atom. The van der Waals surface area contributed by atoms with E-state index in [0.717, 1.165) is 13.0 Å². The first kappa shape index (κ1) is 29.6. The molecule has 0 bridgehead atoms. The molecule has 0 amide bonds. The van der Waals surface area contributed by atoms with Gasteiger partial charge in [-0.1, -0.05) is 17.7 Å². The Morgan fingerprint density at radius 1 is 1.25 bits per heavy atom. The average molecular weight is 298 g/mol. The molecule has 0 atom stereocenters. The summed E-state index contributed by atoms with van der Waals surface area (Å²) in [4.78, 5) is 0. The molecule has 12 heavy (non-hydrogen) atoms. The van der Waals surface area contributed by atoms with Crippen molar-refractivity contribution in [2.45, 2.75) is 13.3 Å². The zero-order valence-corrected chi connectivity index (χ0v) is 9.78. The predicted octanol–water partition coefficient (Wildman–Crippen LogP) is 1.10. The van der Waals surface area contributed by atoms with E-state index in [1.807, 2.05) is 0 Å². The van der Waals surface area contributed by atoms with Crippen molar-refractivity contribution in [3.63, 3.8) is 0 Å². The molecule has 0 aromatic heterocycles. The summed E-state index contributed by atoms with van der Waals surface area (Å²) < 4.78 is 0. The standard InChI is InChI=1S/C3H9N.2CHNS.H2N.Pd/c1-2-3-4;2*2-1-3;;/h2-4H2,1H3;2*3H;1H2;/q;;;-1;/p-2. The molecule has 0 aliphatic heterocycles. The fourth-order valence-corrected chi connectivity index (χ4v) is 0. The van der Waals surface area contributed by atoms with Crippen molar-refractivity contribution in [1.82, 2.24) is 0 Å². The molecule has 0 rings (SSSR count). The summed E-state index contributed by atoms with van der Waals surface area (Å²) in [5, 5.41) is 16.9. The molecule has 4 N–H and O–H groups in total. The van der Waals surface area contributed by atoms with Crippen LogP contribution in [0.1, 0.15) is 13.3 Å². The minimum absolute atomic E-state index is 0. The largest absolute Gasteiger partial charge is 0.696 e. The van der Waals surface area contributed by atoms with E-state index in [2.05, 4.69) is 32.2 Å². The summed E-state index contributed by atoms with van der Waals surface area (Å²) >= 11 is 7.40. The number of rotatable bonds is 1. The van der Waals surface area contributed by atoms with Gasteiger partial charge in [0, 0.05) is 20.4 Å². The quantitative estimate of drug-likeness (QED) is 0.443. The normalized spacial score (nSPS) is 3.67. The third kappa shape index (κ3) is 807. The Kier molecular flexibility index (Phi) is 170. The second kappa shape index (κ2) is 68.7. The van der Waals surface area contributed by atoms with Crippen molar-refractivity contribution in [2.75, 3.05) is 6.54 Å². The van der Waals surface area contributed by atoms with Crippen LogP contribution in [0.2, 0.25) is 0 Å². The second-order valence-corrected chi connectivity index (χ2v) is 1.34. The van der Waals surface area contributed by atoms with Crippen LogP contribution in [0.25, 0.3) is 6.15 Å². The van der Waals surface area contributed by atoms with Gasteiger partial charge in [0.05, 0.1) is 0 Å². The van der Waals surface area contributed by atoms with E-state index < -0.39 is 0 Å². The molecule has 76 valence electrons. The Morgan fingerprint density at radius 3 is 1.33 bits per heavy atom. The first-order valence-corrected chi connectivity index (χ1v) is 3.29. The average Bonchev–Trinajstić information content (AvgIpc) is 1.91. The molecule has 0 saturated carbocycles. The summed E-state index contributed by atoms with van der Waals surface area (Å²) in [5.74, 6) is 0.